The van der Waals surface area contributed by atoms with E-state index >= 15 is 0 Å². The van der Waals surface area contributed by atoms with Gasteiger partial charge in [0.2, 0.25) is 0 Å². The molecule has 0 saturated carbocycles. The minimum absolute atomic E-state index is 0.0980. The van der Waals surface area contributed by atoms with Gasteiger partial charge in [-0.3, -0.25) is 14.2 Å². The molecule has 1 aliphatic rings. The van der Waals surface area contributed by atoms with Gasteiger partial charge in [-0.1, -0.05) is 41.9 Å². The Labute approximate surface area is 260 Å². The monoisotopic (exact) mass is 652 g/mol. The second-order valence-corrected chi connectivity index (χ2v) is 11.9. The molecule has 0 atom stereocenters. The summed E-state index contributed by atoms with van der Waals surface area (Å²) in [4.78, 5) is 29.6. The van der Waals surface area contributed by atoms with Crippen molar-refractivity contribution in [3.63, 3.8) is 0 Å². The van der Waals surface area contributed by atoms with E-state index in [1.54, 1.807) is 33.9 Å². The minimum atomic E-state index is -0.140. The number of halogens is 2. The number of fused-ring (bicyclic) bond motifs is 3. The van der Waals surface area contributed by atoms with Gasteiger partial charge in [-0.25, -0.2) is 9.20 Å². The molecule has 4 heterocycles. The maximum absolute atomic E-state index is 14.3. The molecule has 0 N–H and O–H groups in total. The van der Waals surface area contributed by atoms with Gasteiger partial charge in [-0.05, 0) is 83.4 Å². The maximum atomic E-state index is 14.3. The molecule has 0 radical (unpaired) electrons. The molecule has 214 valence electrons. The average molecular weight is 654 g/mol. The lowest BCUT2D eigenvalue weighted by atomic mass is 10.0. The van der Waals surface area contributed by atoms with Crippen LogP contribution < -0.4 is 5.56 Å². The predicted octanol–water partition coefficient (Wildman–Crippen LogP) is 6.18. The molecule has 7 rings (SSSR count). The van der Waals surface area contributed by atoms with Crippen molar-refractivity contribution in [2.45, 2.75) is 26.3 Å². The van der Waals surface area contributed by atoms with E-state index in [9.17, 15) is 9.59 Å². The van der Waals surface area contributed by atoms with Gasteiger partial charge in [0.1, 0.15) is 5.65 Å². The van der Waals surface area contributed by atoms with Crippen molar-refractivity contribution >= 4 is 39.1 Å². The summed E-state index contributed by atoms with van der Waals surface area (Å²) in [5, 5.41) is 9.68. The number of benzene rings is 3. The minimum Gasteiger partial charge on any atom is -0.332 e. The molecular weight excluding hydrogens is 628 g/mol. The zero-order chi connectivity index (χ0) is 29.7. The Morgan fingerprint density at radius 3 is 2.47 bits per heavy atom. The van der Waals surface area contributed by atoms with E-state index in [2.05, 4.69) is 33.2 Å². The van der Waals surface area contributed by atoms with Gasteiger partial charge in [-0.15, -0.1) is 0 Å². The fraction of sp³-hybridized carbons (Fsp3) is 0.152. The zero-order valence-electron chi connectivity index (χ0n) is 23.2. The highest BCUT2D eigenvalue weighted by Gasteiger charge is 2.29. The van der Waals surface area contributed by atoms with Crippen LogP contribution in [-0.2, 0) is 19.4 Å². The Balaban J connectivity index is 1.35. The van der Waals surface area contributed by atoms with E-state index in [1.165, 1.54) is 0 Å². The molecular formula is C33H26BrClN6O2. The first-order chi connectivity index (χ1) is 20.9. The Bertz CT molecular complexity index is 2060. The maximum Gasteiger partial charge on any atom is 0.261 e. The SMILES string of the molecule is Cc1ccnn1-c1ccc(-n2c(=O)c3c(n4ncc(Cc5ccccc5)c24)CN(C(=O)c2ccc(Br)c(Cl)c2)CC3)cc1. The molecule has 43 heavy (non-hydrogen) atoms. The van der Waals surface area contributed by atoms with Crippen LogP contribution in [0.4, 0.5) is 0 Å². The largest absolute Gasteiger partial charge is 0.332 e. The van der Waals surface area contributed by atoms with Crippen LogP contribution in [0.25, 0.3) is 17.0 Å². The fourth-order valence-electron chi connectivity index (χ4n) is 5.76. The first kappa shape index (κ1) is 27.4. The molecule has 0 unspecified atom stereocenters. The average Bonchev–Trinajstić information content (AvgIpc) is 3.65. The van der Waals surface area contributed by atoms with Gasteiger partial charge >= 0.3 is 0 Å². The molecule has 10 heteroatoms. The van der Waals surface area contributed by atoms with Crippen molar-refractivity contribution in [3.05, 3.63) is 145 Å². The first-order valence-electron chi connectivity index (χ1n) is 13.9. The van der Waals surface area contributed by atoms with Crippen LogP contribution in [-0.4, -0.2) is 41.3 Å². The number of nitrogens with zero attached hydrogens (tertiary/aromatic N) is 6. The standard InChI is InChI=1S/C33H26BrClN6O2/c1-21-13-15-36-40(21)26-10-8-25(9-11-26)39-31-24(17-22-5-3-2-4-6-22)19-37-41(31)30-20-38(16-14-27(30)33(39)43)32(42)23-7-12-28(34)29(35)18-23/h2-13,15,18-19H,14,16-17,20H2,1H3. The molecule has 3 aromatic carbocycles. The summed E-state index contributed by atoms with van der Waals surface area (Å²) < 4.78 is 6.19. The number of rotatable bonds is 5. The van der Waals surface area contributed by atoms with E-state index < -0.39 is 0 Å². The highest BCUT2D eigenvalue weighted by molar-refractivity contribution is 9.10. The molecule has 3 aromatic heterocycles. The highest BCUT2D eigenvalue weighted by Crippen LogP contribution is 2.27. The number of aromatic nitrogens is 5. The van der Waals surface area contributed by atoms with Crippen LogP contribution in [0.5, 0.6) is 0 Å². The molecule has 0 fully saturated rings. The van der Waals surface area contributed by atoms with Crippen molar-refractivity contribution in [2.75, 3.05) is 6.54 Å². The van der Waals surface area contributed by atoms with Gasteiger partial charge in [0.05, 0.1) is 34.8 Å². The quantitative estimate of drug-likeness (QED) is 0.223. The molecule has 0 aliphatic carbocycles. The fourth-order valence-corrected chi connectivity index (χ4v) is 6.19. The van der Waals surface area contributed by atoms with Crippen molar-refractivity contribution in [1.29, 1.82) is 0 Å². The number of aryl methyl sites for hydroxylation is 1. The topological polar surface area (TPSA) is 77.4 Å². The van der Waals surface area contributed by atoms with Crippen molar-refractivity contribution in [3.8, 4) is 11.4 Å². The third-order valence-electron chi connectivity index (χ3n) is 7.94. The van der Waals surface area contributed by atoms with Crippen LogP contribution >= 0.6 is 27.5 Å². The third kappa shape index (κ3) is 4.88. The number of carbonyl (C=O) groups is 1. The summed E-state index contributed by atoms with van der Waals surface area (Å²) in [5.41, 5.74) is 7.18. The molecule has 0 saturated heterocycles. The van der Waals surface area contributed by atoms with Crippen molar-refractivity contribution < 1.29 is 4.79 Å². The smallest absolute Gasteiger partial charge is 0.261 e. The molecule has 8 nitrogen and oxygen atoms in total. The summed E-state index contributed by atoms with van der Waals surface area (Å²) >= 11 is 9.68. The zero-order valence-corrected chi connectivity index (χ0v) is 25.6. The first-order valence-corrected chi connectivity index (χ1v) is 15.1. The van der Waals surface area contributed by atoms with Crippen LogP contribution in [0.1, 0.15) is 38.4 Å². The lowest BCUT2D eigenvalue weighted by Gasteiger charge is -2.30. The Hall–Kier alpha value is -4.47. The van der Waals surface area contributed by atoms with Crippen LogP contribution in [0.15, 0.2) is 101 Å². The summed E-state index contributed by atoms with van der Waals surface area (Å²) in [5.74, 6) is -0.140. The van der Waals surface area contributed by atoms with E-state index in [-0.39, 0.29) is 18.0 Å². The Morgan fingerprint density at radius 1 is 0.977 bits per heavy atom. The lowest BCUT2D eigenvalue weighted by Crippen LogP contribution is -2.41. The van der Waals surface area contributed by atoms with Gasteiger partial charge in [0, 0.05) is 46.0 Å². The Morgan fingerprint density at radius 2 is 1.74 bits per heavy atom. The summed E-state index contributed by atoms with van der Waals surface area (Å²) in [6, 6.07) is 25.1. The second-order valence-electron chi connectivity index (χ2n) is 10.6. The van der Waals surface area contributed by atoms with E-state index in [0.717, 1.165) is 38.4 Å². The number of amides is 1. The normalized spacial score (nSPS) is 13.0. The highest BCUT2D eigenvalue weighted by atomic mass is 79.9. The second kappa shape index (κ2) is 11.0. The van der Waals surface area contributed by atoms with Gasteiger partial charge in [0.25, 0.3) is 11.5 Å². The summed E-state index contributed by atoms with van der Waals surface area (Å²) in [7, 11) is 0. The number of hydrogen-bond donors (Lipinski definition) is 0. The van der Waals surface area contributed by atoms with Crippen LogP contribution in [0.2, 0.25) is 5.02 Å². The molecule has 1 amide bonds. The molecule has 0 bridgehead atoms. The Kier molecular flexibility index (Phi) is 6.99. The number of carbonyl (C=O) groups excluding carboxylic acids is 1. The van der Waals surface area contributed by atoms with Gasteiger partial charge in [-0.2, -0.15) is 10.2 Å². The van der Waals surface area contributed by atoms with Crippen molar-refractivity contribution in [2.24, 2.45) is 0 Å². The van der Waals surface area contributed by atoms with Crippen LogP contribution in [0.3, 0.4) is 0 Å². The third-order valence-corrected chi connectivity index (χ3v) is 9.17. The molecule has 1 aliphatic heterocycles. The van der Waals surface area contributed by atoms with E-state index in [4.69, 9.17) is 16.7 Å². The van der Waals surface area contributed by atoms with Crippen molar-refractivity contribution in [1.82, 2.24) is 28.9 Å². The van der Waals surface area contributed by atoms with Gasteiger partial charge in [0.15, 0.2) is 0 Å². The number of hydrogen-bond acceptors (Lipinski definition) is 4. The lowest BCUT2D eigenvalue weighted by molar-refractivity contribution is 0.0729. The van der Waals surface area contributed by atoms with Crippen LogP contribution in [0, 0.1) is 6.92 Å². The molecule has 0 spiro atoms. The summed E-state index contributed by atoms with van der Waals surface area (Å²) in [6.45, 7) is 2.67. The van der Waals surface area contributed by atoms with E-state index in [0.29, 0.717) is 41.2 Å². The van der Waals surface area contributed by atoms with Gasteiger partial charge < -0.3 is 4.90 Å². The predicted molar refractivity (Wildman–Crippen MR) is 169 cm³/mol. The summed E-state index contributed by atoms with van der Waals surface area (Å²) in [6.07, 6.45) is 4.61. The molecule has 6 aromatic rings. The van der Waals surface area contributed by atoms with E-state index in [1.807, 2.05) is 70.8 Å².